The molecule has 2 rings (SSSR count). The van der Waals surface area contributed by atoms with Gasteiger partial charge in [-0.25, -0.2) is 13.1 Å². The summed E-state index contributed by atoms with van der Waals surface area (Å²) in [6.07, 6.45) is 6.30. The van der Waals surface area contributed by atoms with Gasteiger partial charge in [-0.3, -0.25) is 0 Å². The topological polar surface area (TPSA) is 72.2 Å². The van der Waals surface area contributed by atoms with Crippen molar-refractivity contribution in [3.8, 4) is 12.3 Å². The van der Waals surface area contributed by atoms with Crippen LogP contribution < -0.4 is 10.5 Å². The van der Waals surface area contributed by atoms with E-state index in [9.17, 15) is 8.42 Å². The van der Waals surface area contributed by atoms with Gasteiger partial charge in [-0.05, 0) is 18.6 Å². The highest BCUT2D eigenvalue weighted by atomic mass is 32.2. The molecule has 0 spiro atoms. The lowest BCUT2D eigenvalue weighted by molar-refractivity contribution is 0.580. The van der Waals surface area contributed by atoms with Crippen molar-refractivity contribution in [2.24, 2.45) is 0 Å². The molecule has 0 heterocycles. The second-order valence-electron chi connectivity index (χ2n) is 4.40. The number of nitrogens with two attached hydrogens (primary N) is 1. The Bertz CT molecular complexity index is 761. The minimum Gasteiger partial charge on any atom is -0.398 e. The first-order valence-electron chi connectivity index (χ1n) is 6.26. The zero-order chi connectivity index (χ0) is 14.6. The monoisotopic (exact) mass is 288 g/mol. The predicted molar refractivity (Wildman–Crippen MR) is 81.6 cm³/mol. The second kappa shape index (κ2) is 5.95. The van der Waals surface area contributed by atoms with Gasteiger partial charge < -0.3 is 5.73 Å². The summed E-state index contributed by atoms with van der Waals surface area (Å²) in [4.78, 5) is 0.239. The molecular formula is C15H16N2O2S. The number of unbranched alkanes of at least 4 members (excludes halogenated alkanes) is 1. The molecule has 2 aromatic carbocycles. The SMILES string of the molecule is C#CCCCNS(=O)(=O)c1ccc(N)c2ccccc12. The average molecular weight is 288 g/mol. The van der Waals surface area contributed by atoms with E-state index < -0.39 is 10.0 Å². The molecule has 0 bridgehead atoms. The van der Waals surface area contributed by atoms with Gasteiger partial charge in [-0.15, -0.1) is 12.3 Å². The van der Waals surface area contributed by atoms with Crippen molar-refractivity contribution in [2.45, 2.75) is 17.7 Å². The smallest absolute Gasteiger partial charge is 0.241 e. The van der Waals surface area contributed by atoms with Crippen LogP contribution in [0.15, 0.2) is 41.3 Å². The molecule has 20 heavy (non-hydrogen) atoms. The largest absolute Gasteiger partial charge is 0.398 e. The van der Waals surface area contributed by atoms with Crippen molar-refractivity contribution in [1.82, 2.24) is 4.72 Å². The Morgan fingerprint density at radius 3 is 2.55 bits per heavy atom. The number of terminal acetylenes is 1. The molecule has 0 aliphatic rings. The van der Waals surface area contributed by atoms with Gasteiger partial charge in [0.2, 0.25) is 10.0 Å². The van der Waals surface area contributed by atoms with Crippen LogP contribution in [0.5, 0.6) is 0 Å². The Hall–Kier alpha value is -2.03. The highest BCUT2D eigenvalue weighted by molar-refractivity contribution is 7.89. The van der Waals surface area contributed by atoms with E-state index in [2.05, 4.69) is 10.6 Å². The number of fused-ring (bicyclic) bond motifs is 1. The van der Waals surface area contributed by atoms with Gasteiger partial charge in [-0.1, -0.05) is 24.3 Å². The van der Waals surface area contributed by atoms with E-state index in [1.807, 2.05) is 12.1 Å². The fraction of sp³-hybridized carbons (Fsp3) is 0.200. The number of sulfonamides is 1. The summed E-state index contributed by atoms with van der Waals surface area (Å²) in [6.45, 7) is 0.325. The van der Waals surface area contributed by atoms with Gasteiger partial charge in [0.1, 0.15) is 0 Å². The quantitative estimate of drug-likeness (QED) is 0.503. The average Bonchev–Trinajstić information content (AvgIpc) is 2.44. The van der Waals surface area contributed by atoms with Crippen LogP contribution >= 0.6 is 0 Å². The molecule has 0 amide bonds. The molecule has 4 nitrogen and oxygen atoms in total. The highest BCUT2D eigenvalue weighted by Crippen LogP contribution is 2.27. The molecule has 2 aromatic rings. The highest BCUT2D eigenvalue weighted by Gasteiger charge is 2.17. The first-order chi connectivity index (χ1) is 9.56. The Morgan fingerprint density at radius 2 is 1.85 bits per heavy atom. The Morgan fingerprint density at radius 1 is 1.15 bits per heavy atom. The van der Waals surface area contributed by atoms with Crippen molar-refractivity contribution in [3.05, 3.63) is 36.4 Å². The van der Waals surface area contributed by atoms with Gasteiger partial charge in [-0.2, -0.15) is 0 Å². The first kappa shape index (κ1) is 14.4. The van der Waals surface area contributed by atoms with Crippen LogP contribution in [0.4, 0.5) is 5.69 Å². The molecule has 104 valence electrons. The number of benzene rings is 2. The molecule has 0 radical (unpaired) electrons. The third kappa shape index (κ3) is 2.93. The van der Waals surface area contributed by atoms with E-state index in [0.717, 1.165) is 5.39 Å². The Kier molecular flexibility index (Phi) is 4.28. The second-order valence-corrected chi connectivity index (χ2v) is 6.14. The Labute approximate surface area is 119 Å². The summed E-state index contributed by atoms with van der Waals surface area (Å²) in [5.74, 6) is 2.48. The van der Waals surface area contributed by atoms with E-state index >= 15 is 0 Å². The summed E-state index contributed by atoms with van der Waals surface area (Å²) < 4.78 is 27.2. The van der Waals surface area contributed by atoms with Crippen LogP contribution in [0, 0.1) is 12.3 Å². The zero-order valence-electron chi connectivity index (χ0n) is 11.0. The van der Waals surface area contributed by atoms with E-state index in [1.54, 1.807) is 18.2 Å². The van der Waals surface area contributed by atoms with Gasteiger partial charge in [0.05, 0.1) is 4.90 Å². The number of nitrogens with one attached hydrogen (secondary N) is 1. The minimum absolute atomic E-state index is 0.239. The first-order valence-corrected chi connectivity index (χ1v) is 7.75. The molecule has 0 saturated carbocycles. The lowest BCUT2D eigenvalue weighted by atomic mass is 10.1. The Balaban J connectivity index is 2.38. The lowest BCUT2D eigenvalue weighted by Crippen LogP contribution is -2.25. The van der Waals surface area contributed by atoms with Crippen LogP contribution in [-0.2, 0) is 10.0 Å². The maximum atomic E-state index is 12.3. The lowest BCUT2D eigenvalue weighted by Gasteiger charge is -2.10. The normalized spacial score (nSPS) is 11.3. The number of anilines is 1. The molecule has 0 unspecified atom stereocenters. The molecule has 0 aliphatic carbocycles. The van der Waals surface area contributed by atoms with Crippen molar-refractivity contribution < 1.29 is 8.42 Å². The standard InChI is InChI=1S/C15H16N2O2S/c1-2-3-6-11-17-20(18,19)15-10-9-14(16)12-7-4-5-8-13(12)15/h1,4-5,7-10,17H,3,6,11,16H2. The number of rotatable bonds is 5. The van der Waals surface area contributed by atoms with E-state index in [4.69, 9.17) is 12.2 Å². The number of hydrogen-bond acceptors (Lipinski definition) is 3. The maximum absolute atomic E-state index is 12.3. The predicted octanol–water partition coefficient (Wildman–Crippen LogP) is 2.11. The van der Waals surface area contributed by atoms with Crippen molar-refractivity contribution in [1.29, 1.82) is 0 Å². The minimum atomic E-state index is -3.56. The van der Waals surface area contributed by atoms with E-state index in [0.29, 0.717) is 30.5 Å². The van der Waals surface area contributed by atoms with Crippen LogP contribution in [-0.4, -0.2) is 15.0 Å². The summed E-state index contributed by atoms with van der Waals surface area (Å²) in [5, 5.41) is 1.36. The third-order valence-electron chi connectivity index (χ3n) is 3.00. The molecule has 0 aliphatic heterocycles. The van der Waals surface area contributed by atoms with Gasteiger partial charge in [0, 0.05) is 29.4 Å². The maximum Gasteiger partial charge on any atom is 0.241 e. The fourth-order valence-electron chi connectivity index (χ4n) is 2.00. The molecule has 0 saturated heterocycles. The molecule has 3 N–H and O–H groups in total. The molecular weight excluding hydrogens is 272 g/mol. The van der Waals surface area contributed by atoms with Gasteiger partial charge in [0.15, 0.2) is 0 Å². The van der Waals surface area contributed by atoms with Crippen LogP contribution in [0.1, 0.15) is 12.8 Å². The number of nitrogen functional groups attached to an aromatic ring is 1. The van der Waals surface area contributed by atoms with Crippen molar-refractivity contribution in [2.75, 3.05) is 12.3 Å². The summed E-state index contributed by atoms with van der Waals surface area (Å²) in [6, 6.07) is 10.3. The van der Waals surface area contributed by atoms with Crippen LogP contribution in [0.2, 0.25) is 0 Å². The van der Waals surface area contributed by atoms with Gasteiger partial charge >= 0.3 is 0 Å². The summed E-state index contributed by atoms with van der Waals surface area (Å²) in [7, 11) is -3.56. The number of hydrogen-bond donors (Lipinski definition) is 2. The fourth-order valence-corrected chi connectivity index (χ4v) is 3.29. The van der Waals surface area contributed by atoms with Crippen LogP contribution in [0.3, 0.4) is 0 Å². The van der Waals surface area contributed by atoms with Crippen LogP contribution in [0.25, 0.3) is 10.8 Å². The van der Waals surface area contributed by atoms with E-state index in [-0.39, 0.29) is 4.90 Å². The molecule has 0 fully saturated rings. The summed E-state index contributed by atoms with van der Waals surface area (Å²) in [5.41, 5.74) is 6.43. The molecule has 0 atom stereocenters. The van der Waals surface area contributed by atoms with Crippen molar-refractivity contribution in [3.63, 3.8) is 0 Å². The third-order valence-corrected chi connectivity index (χ3v) is 4.52. The summed E-state index contributed by atoms with van der Waals surface area (Å²) >= 11 is 0. The van der Waals surface area contributed by atoms with E-state index in [1.165, 1.54) is 6.07 Å². The zero-order valence-corrected chi connectivity index (χ0v) is 11.8. The molecule has 5 heteroatoms. The van der Waals surface area contributed by atoms with Gasteiger partial charge in [0.25, 0.3) is 0 Å². The molecule has 0 aromatic heterocycles. The van der Waals surface area contributed by atoms with Crippen molar-refractivity contribution >= 4 is 26.5 Å².